The van der Waals surface area contributed by atoms with E-state index in [4.69, 9.17) is 5.73 Å². The minimum Gasteiger partial charge on any atom is -0.391 e. The molecule has 0 aliphatic carbocycles. The number of H-pyrrole nitrogens is 1. The van der Waals surface area contributed by atoms with Crippen molar-refractivity contribution in [3.05, 3.63) is 35.8 Å². The van der Waals surface area contributed by atoms with E-state index in [-0.39, 0.29) is 24.7 Å². The summed E-state index contributed by atoms with van der Waals surface area (Å²) in [4.78, 5) is 30.2. The molecule has 3 atom stereocenters. The zero-order chi connectivity index (χ0) is 21.2. The first-order valence-corrected chi connectivity index (χ1v) is 9.64. The second-order valence-corrected chi connectivity index (χ2v) is 8.00. The number of hydrogen-bond acceptors (Lipinski definition) is 4. The number of aliphatic hydroxyl groups is 1. The number of fused-ring (bicyclic) bond motifs is 1. The highest BCUT2D eigenvalue weighted by Gasteiger charge is 2.43. The van der Waals surface area contributed by atoms with E-state index in [0.717, 1.165) is 0 Å². The van der Waals surface area contributed by atoms with Crippen LogP contribution in [0.5, 0.6) is 0 Å². The van der Waals surface area contributed by atoms with Crippen LogP contribution in [0.4, 0.5) is 4.39 Å². The molecule has 7 heteroatoms. The number of carbonyl (C=O) groups excluding carboxylic acids is 2. The fraction of sp³-hybridized carbons (Fsp3) is 0.524. The van der Waals surface area contributed by atoms with E-state index in [1.165, 1.54) is 29.3 Å². The third kappa shape index (κ3) is 4.25. The van der Waals surface area contributed by atoms with E-state index >= 15 is 0 Å². The fourth-order valence-electron chi connectivity index (χ4n) is 3.34. The molecule has 1 aliphatic heterocycles. The summed E-state index contributed by atoms with van der Waals surface area (Å²) < 4.78 is 13.4. The summed E-state index contributed by atoms with van der Waals surface area (Å²) in [5, 5.41) is 10.6. The lowest BCUT2D eigenvalue weighted by molar-refractivity contribution is -0.135. The molecule has 1 aromatic heterocycles. The maximum absolute atomic E-state index is 13.4. The van der Waals surface area contributed by atoms with E-state index in [1.807, 2.05) is 34.6 Å². The van der Waals surface area contributed by atoms with Crippen LogP contribution in [0.2, 0.25) is 0 Å². The van der Waals surface area contributed by atoms with Crippen molar-refractivity contribution in [3.63, 3.8) is 0 Å². The van der Waals surface area contributed by atoms with Gasteiger partial charge in [-0.25, -0.2) is 4.39 Å². The van der Waals surface area contributed by atoms with Crippen LogP contribution in [0.3, 0.4) is 0 Å². The molecule has 3 unspecified atom stereocenters. The van der Waals surface area contributed by atoms with Gasteiger partial charge in [-0.3, -0.25) is 9.59 Å². The van der Waals surface area contributed by atoms with Crippen molar-refractivity contribution in [2.45, 2.75) is 59.2 Å². The van der Waals surface area contributed by atoms with Gasteiger partial charge >= 0.3 is 0 Å². The van der Waals surface area contributed by atoms with Crippen LogP contribution in [0.25, 0.3) is 10.9 Å². The number of β-amino-alcohol motifs (C(OH)–C–C–N with tert-alkyl or cyclic N) is 1. The Hall–Kier alpha value is -2.25. The van der Waals surface area contributed by atoms with Crippen molar-refractivity contribution in [1.29, 1.82) is 0 Å². The molecular formula is C21H30FN3O3. The van der Waals surface area contributed by atoms with E-state index in [2.05, 4.69) is 4.98 Å². The Kier molecular flexibility index (Phi) is 6.62. The number of hydrogen-bond donors (Lipinski definition) is 3. The molecule has 3 rings (SSSR count). The van der Waals surface area contributed by atoms with Crippen LogP contribution in [-0.4, -0.2) is 51.4 Å². The van der Waals surface area contributed by atoms with Gasteiger partial charge in [-0.15, -0.1) is 0 Å². The van der Waals surface area contributed by atoms with Crippen LogP contribution in [0.15, 0.2) is 24.4 Å². The lowest BCUT2D eigenvalue weighted by Crippen LogP contribution is -2.53. The summed E-state index contributed by atoms with van der Waals surface area (Å²) in [5.74, 6) is -1.03. The Labute approximate surface area is 164 Å². The van der Waals surface area contributed by atoms with Gasteiger partial charge in [0.15, 0.2) is 5.78 Å². The summed E-state index contributed by atoms with van der Waals surface area (Å²) >= 11 is 0. The van der Waals surface area contributed by atoms with Gasteiger partial charge in [0.2, 0.25) is 5.91 Å². The number of nitrogens with zero attached hydrogens (tertiary/aromatic N) is 1. The summed E-state index contributed by atoms with van der Waals surface area (Å²) in [6.45, 7) is 9.64. The highest BCUT2D eigenvalue weighted by Crippen LogP contribution is 2.29. The minimum absolute atomic E-state index is 0.0794. The average molecular weight is 391 g/mol. The van der Waals surface area contributed by atoms with Crippen LogP contribution in [0.1, 0.15) is 51.4 Å². The first kappa shape index (κ1) is 22.0. The van der Waals surface area contributed by atoms with Crippen LogP contribution in [-0.2, 0) is 4.79 Å². The molecule has 6 nitrogen and oxygen atoms in total. The zero-order valence-electron chi connectivity index (χ0n) is 17.1. The molecule has 2 aromatic rings. The quantitative estimate of drug-likeness (QED) is 0.701. The Balaban J connectivity index is 0.00000136. The standard InChI is InChI=1S/C19H24FN3O3.C2H6/c1-19(2,3)17(21)18(26)23-9-11(24)7-15(23)16(25)13-8-22-14-6-10(20)4-5-12(13)14;1-2/h4-6,8,11,15,17,22,24H,7,9,21H2,1-3H3;1-2H3. The number of rotatable bonds is 3. The molecule has 0 bridgehead atoms. The number of aromatic nitrogens is 1. The zero-order valence-corrected chi connectivity index (χ0v) is 17.1. The molecule has 1 aliphatic rings. The predicted octanol–water partition coefficient (Wildman–Crippen LogP) is 2.85. The third-order valence-corrected chi connectivity index (χ3v) is 4.97. The number of amides is 1. The number of nitrogens with one attached hydrogen (secondary N) is 1. The fourth-order valence-corrected chi connectivity index (χ4v) is 3.34. The number of aliphatic hydroxyl groups excluding tert-OH is 1. The summed E-state index contributed by atoms with van der Waals surface area (Å²) in [7, 11) is 0. The van der Waals surface area contributed by atoms with E-state index in [0.29, 0.717) is 16.5 Å². The SMILES string of the molecule is CC.CC(C)(C)C(N)C(=O)N1CC(O)CC1C(=O)c1c[nH]c2cc(F)ccc12. The summed E-state index contributed by atoms with van der Waals surface area (Å²) in [5.41, 5.74) is 6.50. The van der Waals surface area contributed by atoms with Crippen molar-refractivity contribution < 1.29 is 19.1 Å². The molecule has 1 amide bonds. The Bertz CT molecular complexity index is 856. The third-order valence-electron chi connectivity index (χ3n) is 4.97. The molecule has 0 spiro atoms. The minimum atomic E-state index is -0.782. The summed E-state index contributed by atoms with van der Waals surface area (Å²) in [6.07, 6.45) is 0.904. The van der Waals surface area contributed by atoms with Gasteiger partial charge < -0.3 is 20.7 Å². The van der Waals surface area contributed by atoms with Crippen LogP contribution < -0.4 is 5.73 Å². The van der Waals surface area contributed by atoms with E-state index in [1.54, 1.807) is 0 Å². The maximum Gasteiger partial charge on any atom is 0.240 e. The second kappa shape index (κ2) is 8.41. The van der Waals surface area contributed by atoms with Gasteiger partial charge in [0.1, 0.15) is 5.82 Å². The summed E-state index contributed by atoms with van der Waals surface area (Å²) in [6, 6.07) is 2.57. The van der Waals surface area contributed by atoms with Gasteiger partial charge in [-0.1, -0.05) is 34.6 Å². The monoisotopic (exact) mass is 391 g/mol. The molecule has 1 saturated heterocycles. The van der Waals surface area contributed by atoms with Crippen molar-refractivity contribution >= 4 is 22.6 Å². The number of halogens is 1. The highest BCUT2D eigenvalue weighted by atomic mass is 19.1. The number of benzene rings is 1. The maximum atomic E-state index is 13.4. The molecule has 1 aromatic carbocycles. The Morgan fingerprint density at radius 2 is 1.96 bits per heavy atom. The highest BCUT2D eigenvalue weighted by molar-refractivity contribution is 6.11. The molecule has 2 heterocycles. The molecule has 1 fully saturated rings. The van der Waals surface area contributed by atoms with Crippen LogP contribution in [0, 0.1) is 11.2 Å². The van der Waals surface area contributed by atoms with E-state index in [9.17, 15) is 19.1 Å². The second-order valence-electron chi connectivity index (χ2n) is 8.00. The first-order valence-electron chi connectivity index (χ1n) is 9.64. The number of nitrogens with two attached hydrogens (primary N) is 1. The first-order chi connectivity index (χ1) is 13.1. The smallest absolute Gasteiger partial charge is 0.240 e. The Morgan fingerprint density at radius 3 is 2.57 bits per heavy atom. The van der Waals surface area contributed by atoms with Gasteiger partial charge in [0, 0.05) is 35.6 Å². The normalized spacial score (nSPS) is 20.6. The predicted molar refractivity (Wildman–Crippen MR) is 107 cm³/mol. The van der Waals surface area contributed by atoms with Gasteiger partial charge in [-0.2, -0.15) is 0 Å². The Morgan fingerprint density at radius 1 is 1.32 bits per heavy atom. The number of carbonyl (C=O) groups is 2. The number of likely N-dealkylation sites (tertiary alicyclic amines) is 1. The van der Waals surface area contributed by atoms with Gasteiger partial charge in [0.05, 0.1) is 18.2 Å². The lowest BCUT2D eigenvalue weighted by atomic mass is 9.86. The molecule has 28 heavy (non-hydrogen) atoms. The number of aromatic amines is 1. The van der Waals surface area contributed by atoms with E-state index < -0.39 is 29.4 Å². The van der Waals surface area contributed by atoms with Crippen molar-refractivity contribution in [3.8, 4) is 0 Å². The molecular weight excluding hydrogens is 361 g/mol. The van der Waals surface area contributed by atoms with Gasteiger partial charge in [0.25, 0.3) is 0 Å². The molecule has 4 N–H and O–H groups in total. The van der Waals surface area contributed by atoms with Gasteiger partial charge in [-0.05, 0) is 23.6 Å². The largest absolute Gasteiger partial charge is 0.391 e. The molecule has 154 valence electrons. The van der Waals surface area contributed by atoms with Crippen molar-refractivity contribution in [1.82, 2.24) is 9.88 Å². The van der Waals surface area contributed by atoms with Crippen molar-refractivity contribution in [2.75, 3.05) is 6.54 Å². The molecule has 0 radical (unpaired) electrons. The lowest BCUT2D eigenvalue weighted by Gasteiger charge is -2.32. The molecule has 0 saturated carbocycles. The average Bonchev–Trinajstić information content (AvgIpc) is 3.24. The number of ketones is 1. The topological polar surface area (TPSA) is 99.4 Å². The van der Waals surface area contributed by atoms with Crippen molar-refractivity contribution in [2.24, 2.45) is 11.1 Å². The number of Topliss-reactive ketones (excluding diaryl/α,β-unsaturated/α-hetero) is 1. The van der Waals surface area contributed by atoms with Crippen LogP contribution >= 0.6 is 0 Å².